The number of nitrogens with zero attached hydrogens (tertiary/aromatic N) is 3. The smallest absolute Gasteiger partial charge is 0.277 e. The molecule has 94 valence electrons. The van der Waals surface area contributed by atoms with Gasteiger partial charge in [0, 0.05) is 18.8 Å². The van der Waals surface area contributed by atoms with Crippen molar-refractivity contribution in [3.8, 4) is 5.88 Å². The van der Waals surface area contributed by atoms with Crippen molar-refractivity contribution in [2.45, 2.75) is 6.54 Å². The summed E-state index contributed by atoms with van der Waals surface area (Å²) in [6.45, 7) is 0.296. The number of ether oxygens (including phenoxy) is 1. The quantitative estimate of drug-likeness (QED) is 0.782. The third-order valence-corrected chi connectivity index (χ3v) is 2.19. The predicted octanol–water partition coefficient (Wildman–Crippen LogP) is -0.0146. The zero-order valence-electron chi connectivity index (χ0n) is 9.58. The monoisotopic (exact) mass is 249 g/mol. The van der Waals surface area contributed by atoms with Crippen LogP contribution in [0.4, 0.5) is 5.82 Å². The van der Waals surface area contributed by atoms with Gasteiger partial charge in [0.1, 0.15) is 0 Å². The lowest BCUT2D eigenvalue weighted by molar-refractivity contribution is 0.0941. The van der Waals surface area contributed by atoms with E-state index in [-0.39, 0.29) is 11.5 Å². The van der Waals surface area contributed by atoms with Gasteiger partial charge < -0.3 is 15.8 Å². The number of anilines is 1. The van der Waals surface area contributed by atoms with Gasteiger partial charge in [-0.25, -0.2) is 9.61 Å². The van der Waals surface area contributed by atoms with Crippen LogP contribution in [0.25, 0.3) is 0 Å². The third kappa shape index (κ3) is 2.54. The lowest BCUT2D eigenvalue weighted by Crippen LogP contribution is -2.24. The zero-order valence-corrected chi connectivity index (χ0v) is 9.58. The Bertz CT molecular complexity index is 554. The first-order chi connectivity index (χ1) is 8.70. The molecule has 0 aliphatic heterocycles. The molecule has 0 fully saturated rings. The van der Waals surface area contributed by atoms with Crippen LogP contribution < -0.4 is 15.8 Å². The fraction of sp³-hybridized carbons (Fsp3) is 0.200. The van der Waals surface area contributed by atoms with E-state index in [2.05, 4.69) is 25.2 Å². The van der Waals surface area contributed by atoms with Crippen LogP contribution in [0.15, 0.2) is 23.0 Å². The number of methoxy groups -OCH3 is 1. The maximum absolute atomic E-state index is 11.7. The van der Waals surface area contributed by atoms with Crippen molar-refractivity contribution in [3.05, 3.63) is 29.6 Å². The lowest BCUT2D eigenvalue weighted by Gasteiger charge is -2.04. The number of pyridine rings is 1. The van der Waals surface area contributed by atoms with Gasteiger partial charge in [0.25, 0.3) is 5.91 Å². The van der Waals surface area contributed by atoms with E-state index in [0.717, 1.165) is 5.56 Å². The van der Waals surface area contributed by atoms with Gasteiger partial charge in [-0.1, -0.05) is 0 Å². The first-order valence-electron chi connectivity index (χ1n) is 5.06. The minimum absolute atomic E-state index is 0.0315. The Kier molecular flexibility index (Phi) is 3.37. The van der Waals surface area contributed by atoms with E-state index in [1.807, 2.05) is 0 Å². The summed E-state index contributed by atoms with van der Waals surface area (Å²) in [4.78, 5) is 15.6. The highest BCUT2D eigenvalue weighted by Gasteiger charge is 2.15. The summed E-state index contributed by atoms with van der Waals surface area (Å²) in [5, 5.41) is 9.35. The molecule has 0 saturated heterocycles. The number of rotatable bonds is 4. The number of amides is 1. The highest BCUT2D eigenvalue weighted by atomic mass is 16.6. The Morgan fingerprint density at radius 3 is 3.06 bits per heavy atom. The van der Waals surface area contributed by atoms with Gasteiger partial charge >= 0.3 is 0 Å². The van der Waals surface area contributed by atoms with Crippen LogP contribution in [-0.2, 0) is 6.54 Å². The molecule has 2 aromatic heterocycles. The van der Waals surface area contributed by atoms with Crippen molar-refractivity contribution in [2.75, 3.05) is 12.8 Å². The number of nitrogen functional groups attached to an aromatic ring is 1. The molecular formula is C10H11N5O3. The minimum atomic E-state index is -0.454. The maximum Gasteiger partial charge on any atom is 0.277 e. The molecule has 2 heterocycles. The van der Waals surface area contributed by atoms with Gasteiger partial charge in [0.2, 0.25) is 17.4 Å². The van der Waals surface area contributed by atoms with E-state index in [0.29, 0.717) is 12.4 Å². The predicted molar refractivity (Wildman–Crippen MR) is 60.7 cm³/mol. The summed E-state index contributed by atoms with van der Waals surface area (Å²) >= 11 is 0. The van der Waals surface area contributed by atoms with E-state index in [4.69, 9.17) is 10.5 Å². The van der Waals surface area contributed by atoms with Gasteiger partial charge in [-0.2, -0.15) is 0 Å². The molecule has 8 heteroatoms. The first kappa shape index (κ1) is 11.8. The molecule has 0 spiro atoms. The molecule has 0 unspecified atom stereocenters. The molecule has 0 radical (unpaired) electrons. The van der Waals surface area contributed by atoms with E-state index in [1.54, 1.807) is 18.3 Å². The largest absolute Gasteiger partial charge is 0.481 e. The average molecular weight is 249 g/mol. The zero-order chi connectivity index (χ0) is 13.0. The number of hydrogen-bond acceptors (Lipinski definition) is 7. The number of nitrogens with one attached hydrogen (secondary N) is 1. The molecule has 18 heavy (non-hydrogen) atoms. The van der Waals surface area contributed by atoms with Crippen LogP contribution in [0.3, 0.4) is 0 Å². The van der Waals surface area contributed by atoms with Crippen molar-refractivity contribution in [1.82, 2.24) is 20.6 Å². The minimum Gasteiger partial charge on any atom is -0.481 e. The Morgan fingerprint density at radius 1 is 1.56 bits per heavy atom. The summed E-state index contributed by atoms with van der Waals surface area (Å²) in [6, 6.07) is 3.47. The molecule has 2 aromatic rings. The summed E-state index contributed by atoms with van der Waals surface area (Å²) in [5.74, 6) is -0.0197. The van der Waals surface area contributed by atoms with E-state index in [9.17, 15) is 4.79 Å². The molecule has 0 aliphatic carbocycles. The van der Waals surface area contributed by atoms with Crippen molar-refractivity contribution >= 4 is 11.7 Å². The van der Waals surface area contributed by atoms with Gasteiger partial charge in [-0.15, -0.1) is 0 Å². The van der Waals surface area contributed by atoms with Crippen LogP contribution >= 0.6 is 0 Å². The molecule has 3 N–H and O–H groups in total. The van der Waals surface area contributed by atoms with Crippen LogP contribution in [0.5, 0.6) is 5.88 Å². The fourth-order valence-electron chi connectivity index (χ4n) is 1.29. The second-order valence-electron chi connectivity index (χ2n) is 3.39. The van der Waals surface area contributed by atoms with Crippen molar-refractivity contribution in [3.63, 3.8) is 0 Å². The van der Waals surface area contributed by atoms with Crippen molar-refractivity contribution < 1.29 is 14.2 Å². The highest BCUT2D eigenvalue weighted by Crippen LogP contribution is 2.09. The Morgan fingerprint density at radius 2 is 2.39 bits per heavy atom. The maximum atomic E-state index is 11.7. The molecule has 0 atom stereocenters. The van der Waals surface area contributed by atoms with Crippen LogP contribution in [0.2, 0.25) is 0 Å². The van der Waals surface area contributed by atoms with Crippen molar-refractivity contribution in [1.29, 1.82) is 0 Å². The molecule has 1 amide bonds. The second kappa shape index (κ2) is 5.13. The van der Waals surface area contributed by atoms with Gasteiger partial charge in [-0.3, -0.25) is 4.79 Å². The number of aromatic nitrogens is 3. The van der Waals surface area contributed by atoms with Gasteiger partial charge in [0.15, 0.2) is 0 Å². The summed E-state index contributed by atoms with van der Waals surface area (Å²) in [6.07, 6.45) is 1.59. The SMILES string of the molecule is COc1cc(CNC(=O)c2nonc2N)ccn1. The van der Waals surface area contributed by atoms with Gasteiger partial charge in [0.05, 0.1) is 7.11 Å². The van der Waals surface area contributed by atoms with Crippen LogP contribution in [0.1, 0.15) is 16.1 Å². The molecule has 0 aromatic carbocycles. The van der Waals surface area contributed by atoms with Crippen LogP contribution in [0, 0.1) is 0 Å². The first-order valence-corrected chi connectivity index (χ1v) is 5.06. The summed E-state index contributed by atoms with van der Waals surface area (Å²) in [5.41, 5.74) is 6.20. The third-order valence-electron chi connectivity index (χ3n) is 2.19. The molecule has 0 saturated carbocycles. The molecule has 2 rings (SSSR count). The molecular weight excluding hydrogens is 238 g/mol. The number of carbonyl (C=O) groups is 1. The van der Waals surface area contributed by atoms with Crippen LogP contribution in [-0.4, -0.2) is 28.3 Å². The lowest BCUT2D eigenvalue weighted by atomic mass is 10.2. The Balaban J connectivity index is 1.99. The van der Waals surface area contributed by atoms with Crippen molar-refractivity contribution in [2.24, 2.45) is 0 Å². The van der Waals surface area contributed by atoms with E-state index in [1.165, 1.54) is 7.11 Å². The normalized spacial score (nSPS) is 10.1. The number of hydrogen-bond donors (Lipinski definition) is 2. The van der Waals surface area contributed by atoms with E-state index < -0.39 is 5.91 Å². The average Bonchev–Trinajstić information content (AvgIpc) is 2.82. The van der Waals surface area contributed by atoms with E-state index >= 15 is 0 Å². The Hall–Kier alpha value is -2.64. The summed E-state index contributed by atoms with van der Waals surface area (Å²) < 4.78 is 9.31. The highest BCUT2D eigenvalue weighted by molar-refractivity contribution is 5.95. The Labute approximate surface area is 102 Å². The standard InChI is InChI=1S/C10H11N5O3/c1-17-7-4-6(2-3-12-7)5-13-10(16)8-9(11)15-18-14-8/h2-4H,5H2,1H3,(H2,11,15)(H,13,16). The fourth-order valence-corrected chi connectivity index (χ4v) is 1.29. The topological polar surface area (TPSA) is 116 Å². The molecule has 0 aliphatic rings. The molecule has 8 nitrogen and oxygen atoms in total. The summed E-state index contributed by atoms with van der Waals surface area (Å²) in [7, 11) is 1.52. The molecule has 0 bridgehead atoms. The van der Waals surface area contributed by atoms with Gasteiger partial charge in [-0.05, 0) is 21.9 Å². The number of carbonyl (C=O) groups excluding carboxylic acids is 1. The second-order valence-corrected chi connectivity index (χ2v) is 3.39. The number of nitrogens with two attached hydrogens (primary N) is 1.